The van der Waals surface area contributed by atoms with Crippen molar-refractivity contribution < 1.29 is 19.1 Å². The molecule has 172 valence electrons. The zero-order valence-electron chi connectivity index (χ0n) is 19.2. The molecule has 4 heteroatoms. The molecule has 0 unspecified atom stereocenters. The molecule has 0 aliphatic rings. The predicted octanol–water partition coefficient (Wildman–Crippen LogP) is 7.58. The van der Waals surface area contributed by atoms with E-state index in [2.05, 4.69) is 0 Å². The fraction of sp³-hybridized carbons (Fsp3) is 0. The number of hydrogen-bond donors (Lipinski definition) is 0. The molecule has 0 spiro atoms. The topological polar surface area (TPSA) is 52.6 Å². The molecule has 6 aromatic carbocycles. The fourth-order valence-electron chi connectivity index (χ4n) is 4.37. The smallest absolute Gasteiger partial charge is 0.343 e. The second-order valence-electron chi connectivity index (χ2n) is 8.51. The average molecular weight is 469 g/mol. The van der Waals surface area contributed by atoms with E-state index < -0.39 is 11.9 Å². The largest absolute Gasteiger partial charge is 0.422 e. The van der Waals surface area contributed by atoms with Gasteiger partial charge in [-0.2, -0.15) is 0 Å². The highest BCUT2D eigenvalue weighted by Gasteiger charge is 2.16. The second-order valence-corrected chi connectivity index (χ2v) is 8.51. The van der Waals surface area contributed by atoms with E-state index in [0.29, 0.717) is 33.4 Å². The third-order valence-electron chi connectivity index (χ3n) is 6.22. The van der Waals surface area contributed by atoms with Gasteiger partial charge in [0, 0.05) is 10.8 Å². The lowest BCUT2D eigenvalue weighted by Gasteiger charge is -2.12. The van der Waals surface area contributed by atoms with E-state index in [9.17, 15) is 9.59 Å². The van der Waals surface area contributed by atoms with Crippen LogP contribution >= 0.6 is 0 Å². The maximum Gasteiger partial charge on any atom is 0.343 e. The van der Waals surface area contributed by atoms with Crippen LogP contribution in [-0.4, -0.2) is 11.9 Å². The van der Waals surface area contributed by atoms with Gasteiger partial charge < -0.3 is 9.47 Å². The van der Waals surface area contributed by atoms with Crippen molar-refractivity contribution in [3.05, 3.63) is 132 Å². The number of benzene rings is 6. The van der Waals surface area contributed by atoms with E-state index in [-0.39, 0.29) is 0 Å². The van der Waals surface area contributed by atoms with E-state index in [4.69, 9.17) is 9.47 Å². The van der Waals surface area contributed by atoms with Crippen molar-refractivity contribution in [3.8, 4) is 11.5 Å². The molecule has 0 fully saturated rings. The molecule has 0 aromatic heterocycles. The molecule has 6 rings (SSSR count). The molecule has 0 atom stereocenters. The van der Waals surface area contributed by atoms with Gasteiger partial charge in [-0.05, 0) is 57.9 Å². The number of fused-ring (bicyclic) bond motifs is 3. The van der Waals surface area contributed by atoms with E-state index in [1.807, 2.05) is 97.1 Å². The van der Waals surface area contributed by atoms with Crippen LogP contribution in [0.3, 0.4) is 0 Å². The molecule has 0 aliphatic carbocycles. The predicted molar refractivity (Wildman–Crippen MR) is 142 cm³/mol. The summed E-state index contributed by atoms with van der Waals surface area (Å²) in [5.74, 6) is -0.109. The van der Waals surface area contributed by atoms with Crippen molar-refractivity contribution in [3.63, 3.8) is 0 Å². The van der Waals surface area contributed by atoms with Crippen LogP contribution in [0.25, 0.3) is 32.3 Å². The molecular weight excluding hydrogens is 448 g/mol. The Hall–Kier alpha value is -4.96. The molecule has 0 heterocycles. The van der Waals surface area contributed by atoms with Gasteiger partial charge >= 0.3 is 11.9 Å². The van der Waals surface area contributed by atoms with Crippen molar-refractivity contribution in [2.45, 2.75) is 0 Å². The summed E-state index contributed by atoms with van der Waals surface area (Å²) in [6, 6.07) is 37.3. The van der Waals surface area contributed by atoms with E-state index in [1.165, 1.54) is 0 Å². The van der Waals surface area contributed by atoms with Gasteiger partial charge in [-0.15, -0.1) is 0 Å². The van der Waals surface area contributed by atoms with Crippen molar-refractivity contribution in [1.29, 1.82) is 0 Å². The van der Waals surface area contributed by atoms with Gasteiger partial charge in [-0.25, -0.2) is 9.59 Å². The van der Waals surface area contributed by atoms with Gasteiger partial charge in [-0.3, -0.25) is 0 Å². The summed E-state index contributed by atoms with van der Waals surface area (Å²) in [5, 5.41) is 5.39. The Bertz CT molecular complexity index is 1650. The Morgan fingerprint density at radius 1 is 0.417 bits per heavy atom. The minimum absolute atomic E-state index is 0.397. The third-order valence-corrected chi connectivity index (χ3v) is 6.22. The van der Waals surface area contributed by atoms with Crippen LogP contribution in [0.5, 0.6) is 11.5 Å². The number of carbonyl (C=O) groups excluding carboxylic acids is 2. The molecule has 0 N–H and O–H groups in total. The number of hydrogen-bond acceptors (Lipinski definition) is 4. The standard InChI is InChI=1S/C32H20O4/c33-31(25-15-13-21-7-1-3-9-23(21)19-25)35-29-17-18-30(28-12-6-5-11-27(28)29)36-32(34)26-16-14-22-8-2-4-10-24(22)20-26/h1-20H. The van der Waals surface area contributed by atoms with Crippen molar-refractivity contribution in [1.82, 2.24) is 0 Å². The molecule has 6 aromatic rings. The van der Waals surface area contributed by atoms with Gasteiger partial charge in [0.2, 0.25) is 0 Å². The SMILES string of the molecule is O=C(Oc1ccc(OC(=O)c2ccc3ccccc3c2)c2ccccc12)c1ccc2ccccc2c1. The lowest BCUT2D eigenvalue weighted by Crippen LogP contribution is -2.10. The summed E-state index contributed by atoms with van der Waals surface area (Å²) in [6.45, 7) is 0. The summed E-state index contributed by atoms with van der Waals surface area (Å²) < 4.78 is 11.6. The van der Waals surface area contributed by atoms with Crippen molar-refractivity contribution in [2.24, 2.45) is 0 Å². The average Bonchev–Trinajstić information content (AvgIpc) is 2.93. The molecule has 36 heavy (non-hydrogen) atoms. The van der Waals surface area contributed by atoms with Gasteiger partial charge in [0.25, 0.3) is 0 Å². The monoisotopic (exact) mass is 468 g/mol. The Kier molecular flexibility index (Phi) is 5.39. The normalized spacial score (nSPS) is 11.0. The van der Waals surface area contributed by atoms with E-state index in [0.717, 1.165) is 21.5 Å². The maximum absolute atomic E-state index is 12.9. The Morgan fingerprint density at radius 3 is 1.25 bits per heavy atom. The van der Waals surface area contributed by atoms with Gasteiger partial charge in [0.1, 0.15) is 11.5 Å². The Labute approximate surface area is 207 Å². The molecule has 0 aliphatic heterocycles. The van der Waals surface area contributed by atoms with Crippen LogP contribution in [0, 0.1) is 0 Å². The lowest BCUT2D eigenvalue weighted by atomic mass is 10.1. The number of carbonyl (C=O) groups is 2. The highest BCUT2D eigenvalue weighted by Crippen LogP contribution is 2.34. The zero-order valence-corrected chi connectivity index (χ0v) is 19.2. The molecule has 0 bridgehead atoms. The van der Waals surface area contributed by atoms with Crippen LogP contribution in [0.4, 0.5) is 0 Å². The van der Waals surface area contributed by atoms with Crippen LogP contribution in [-0.2, 0) is 0 Å². The van der Waals surface area contributed by atoms with Gasteiger partial charge in [0.15, 0.2) is 0 Å². The molecule has 0 radical (unpaired) electrons. The van der Waals surface area contributed by atoms with Crippen LogP contribution in [0.1, 0.15) is 20.7 Å². The summed E-state index contributed by atoms with van der Waals surface area (Å²) in [4.78, 5) is 25.9. The number of esters is 2. The maximum atomic E-state index is 12.9. The van der Waals surface area contributed by atoms with Crippen LogP contribution < -0.4 is 9.47 Å². The first-order valence-corrected chi connectivity index (χ1v) is 11.6. The molecule has 0 saturated carbocycles. The zero-order chi connectivity index (χ0) is 24.5. The summed E-state index contributed by atoms with van der Waals surface area (Å²) in [6.07, 6.45) is 0. The highest BCUT2D eigenvalue weighted by molar-refractivity contribution is 6.02. The second kappa shape index (κ2) is 9.01. The molecule has 4 nitrogen and oxygen atoms in total. The fourth-order valence-corrected chi connectivity index (χ4v) is 4.37. The third kappa shape index (κ3) is 4.05. The van der Waals surface area contributed by atoms with Crippen LogP contribution in [0.15, 0.2) is 121 Å². The first-order valence-electron chi connectivity index (χ1n) is 11.6. The summed E-state index contributed by atoms with van der Waals surface area (Å²) in [7, 11) is 0. The van der Waals surface area contributed by atoms with Gasteiger partial charge in [0.05, 0.1) is 11.1 Å². The summed E-state index contributed by atoms with van der Waals surface area (Å²) in [5.41, 5.74) is 0.925. The Balaban J connectivity index is 1.29. The molecule has 0 saturated heterocycles. The minimum atomic E-state index is -0.452. The highest BCUT2D eigenvalue weighted by atomic mass is 16.5. The molecular formula is C32H20O4. The number of ether oxygens (including phenoxy) is 2. The van der Waals surface area contributed by atoms with Crippen molar-refractivity contribution in [2.75, 3.05) is 0 Å². The van der Waals surface area contributed by atoms with E-state index >= 15 is 0 Å². The molecule has 0 amide bonds. The van der Waals surface area contributed by atoms with Crippen LogP contribution in [0.2, 0.25) is 0 Å². The quantitative estimate of drug-likeness (QED) is 0.198. The lowest BCUT2D eigenvalue weighted by molar-refractivity contribution is 0.0723. The first kappa shape index (κ1) is 21.6. The number of rotatable bonds is 4. The minimum Gasteiger partial charge on any atom is -0.422 e. The van der Waals surface area contributed by atoms with Gasteiger partial charge in [-0.1, -0.05) is 84.9 Å². The Morgan fingerprint density at radius 2 is 0.806 bits per heavy atom. The first-order chi connectivity index (χ1) is 17.7. The van der Waals surface area contributed by atoms with Crippen molar-refractivity contribution >= 4 is 44.3 Å². The summed E-state index contributed by atoms with van der Waals surface area (Å²) >= 11 is 0. The van der Waals surface area contributed by atoms with E-state index in [1.54, 1.807) is 24.3 Å².